The Kier molecular flexibility index (Phi) is 4.27. The van der Waals surface area contributed by atoms with Crippen LogP contribution in [0.3, 0.4) is 0 Å². The van der Waals surface area contributed by atoms with E-state index in [1.165, 1.54) is 6.07 Å². The Hall–Kier alpha value is -1.60. The van der Waals surface area contributed by atoms with Crippen LogP contribution in [-0.2, 0) is 16.0 Å². The number of nitriles is 1. The highest BCUT2D eigenvalue weighted by atomic mass is 35.5. The van der Waals surface area contributed by atoms with Gasteiger partial charge in [0.15, 0.2) is 0 Å². The molecule has 0 bridgehead atoms. The molecule has 0 aliphatic carbocycles. The largest absolute Gasteiger partial charge is 0.466 e. The summed E-state index contributed by atoms with van der Waals surface area (Å²) in [6, 6.07) is 4.18. The lowest BCUT2D eigenvalue weighted by molar-refractivity contribution is -0.142. The smallest absolute Gasteiger partial charge is 0.310 e. The number of carbonyl (C=O) groups is 1. The van der Waals surface area contributed by atoms with Crippen LogP contribution in [-0.4, -0.2) is 12.6 Å². The minimum absolute atomic E-state index is 0.0188. The van der Waals surface area contributed by atoms with Crippen LogP contribution < -0.4 is 0 Å². The quantitative estimate of drug-likeness (QED) is 0.764. The molecule has 0 amide bonds. The maximum atomic E-state index is 13.4. The molecule has 1 aromatic rings. The van der Waals surface area contributed by atoms with E-state index in [9.17, 15) is 9.18 Å². The predicted octanol–water partition coefficient (Wildman–Crippen LogP) is 2.46. The van der Waals surface area contributed by atoms with Crippen LogP contribution in [0.4, 0.5) is 4.39 Å². The van der Waals surface area contributed by atoms with E-state index in [2.05, 4.69) is 4.74 Å². The minimum atomic E-state index is -0.631. The van der Waals surface area contributed by atoms with Gasteiger partial charge < -0.3 is 4.74 Å². The second kappa shape index (κ2) is 5.47. The van der Waals surface area contributed by atoms with Gasteiger partial charge >= 0.3 is 5.97 Å². The number of hydrogen-bond donors (Lipinski definition) is 0. The maximum Gasteiger partial charge on any atom is 0.310 e. The third kappa shape index (κ3) is 2.71. The number of ether oxygens (including phenoxy) is 1. The van der Waals surface area contributed by atoms with Crippen LogP contribution in [0.15, 0.2) is 12.1 Å². The van der Waals surface area contributed by atoms with Crippen LogP contribution in [0.2, 0.25) is 5.02 Å². The summed E-state index contributed by atoms with van der Waals surface area (Å²) in [5, 5.41) is 8.94. The van der Waals surface area contributed by atoms with Crippen molar-refractivity contribution < 1.29 is 13.9 Å². The standard InChI is InChI=1S/C11H9ClFNO2/c1-2-16-11(15)5-7-8(6-14)9(12)3-4-10(7)13/h3-4H,2,5H2,1H3. The van der Waals surface area contributed by atoms with Crippen LogP contribution in [0.25, 0.3) is 0 Å². The topological polar surface area (TPSA) is 50.1 Å². The summed E-state index contributed by atoms with van der Waals surface area (Å²) in [6.07, 6.45) is -0.289. The zero-order valence-corrected chi connectivity index (χ0v) is 9.34. The molecule has 16 heavy (non-hydrogen) atoms. The Morgan fingerprint density at radius 1 is 1.62 bits per heavy atom. The Morgan fingerprint density at radius 2 is 2.31 bits per heavy atom. The number of carbonyl (C=O) groups excluding carboxylic acids is 1. The first kappa shape index (κ1) is 12.5. The average molecular weight is 242 g/mol. The Bertz CT molecular complexity index is 454. The summed E-state index contributed by atoms with van der Waals surface area (Å²) >= 11 is 5.72. The van der Waals surface area contributed by atoms with E-state index in [0.29, 0.717) is 0 Å². The van der Waals surface area contributed by atoms with Gasteiger partial charge in [-0.15, -0.1) is 0 Å². The van der Waals surface area contributed by atoms with E-state index in [1.54, 1.807) is 13.0 Å². The first-order valence-corrected chi connectivity index (χ1v) is 5.00. The summed E-state index contributed by atoms with van der Waals surface area (Å²) in [7, 11) is 0. The molecule has 5 heteroatoms. The zero-order chi connectivity index (χ0) is 12.1. The van der Waals surface area contributed by atoms with E-state index in [0.717, 1.165) is 6.07 Å². The molecular weight excluding hydrogens is 233 g/mol. The van der Waals surface area contributed by atoms with Crippen LogP contribution in [0.1, 0.15) is 18.1 Å². The summed E-state index contributed by atoms with van der Waals surface area (Å²) in [5.41, 5.74) is -0.0387. The molecule has 0 aromatic heterocycles. The van der Waals surface area contributed by atoms with E-state index < -0.39 is 11.8 Å². The zero-order valence-electron chi connectivity index (χ0n) is 8.59. The molecule has 0 atom stereocenters. The molecular formula is C11H9ClFNO2. The lowest BCUT2D eigenvalue weighted by Crippen LogP contribution is -2.10. The highest BCUT2D eigenvalue weighted by molar-refractivity contribution is 6.31. The summed E-state index contributed by atoms with van der Waals surface area (Å²) in [4.78, 5) is 11.2. The van der Waals surface area contributed by atoms with E-state index in [-0.39, 0.29) is 29.2 Å². The van der Waals surface area contributed by atoms with E-state index in [4.69, 9.17) is 16.9 Å². The molecule has 1 rings (SSSR count). The third-order valence-corrected chi connectivity index (χ3v) is 2.26. The lowest BCUT2D eigenvalue weighted by atomic mass is 10.0. The van der Waals surface area contributed by atoms with E-state index >= 15 is 0 Å². The normalized spacial score (nSPS) is 9.62. The SMILES string of the molecule is CCOC(=O)Cc1c(F)ccc(Cl)c1C#N. The molecule has 0 aliphatic rings. The average Bonchev–Trinajstić information content (AvgIpc) is 2.24. The number of benzene rings is 1. The third-order valence-electron chi connectivity index (χ3n) is 1.94. The van der Waals surface area contributed by atoms with Gasteiger partial charge in [-0.3, -0.25) is 4.79 Å². The lowest BCUT2D eigenvalue weighted by Gasteiger charge is -2.06. The fourth-order valence-corrected chi connectivity index (χ4v) is 1.46. The van der Waals surface area contributed by atoms with Crippen molar-refractivity contribution in [1.29, 1.82) is 5.26 Å². The molecule has 84 valence electrons. The molecule has 0 spiro atoms. The highest BCUT2D eigenvalue weighted by Crippen LogP contribution is 2.22. The van der Waals surface area contributed by atoms with Crippen LogP contribution >= 0.6 is 11.6 Å². The number of hydrogen-bond acceptors (Lipinski definition) is 3. The first-order chi connectivity index (χ1) is 7.60. The predicted molar refractivity (Wildman–Crippen MR) is 56.5 cm³/mol. The van der Waals surface area contributed by atoms with Gasteiger partial charge in [0, 0.05) is 5.56 Å². The van der Waals surface area contributed by atoms with Crippen molar-refractivity contribution in [3.63, 3.8) is 0 Å². The van der Waals surface area contributed by atoms with Gasteiger partial charge in [-0.25, -0.2) is 4.39 Å². The van der Waals surface area contributed by atoms with Gasteiger partial charge in [0.25, 0.3) is 0 Å². The summed E-state index contributed by atoms with van der Waals surface area (Å²) in [6.45, 7) is 1.86. The van der Waals surface area contributed by atoms with Crippen molar-refractivity contribution in [2.75, 3.05) is 6.61 Å². The summed E-state index contributed by atoms with van der Waals surface area (Å²) in [5.74, 6) is -1.21. The first-order valence-electron chi connectivity index (χ1n) is 4.62. The molecule has 0 fully saturated rings. The van der Waals surface area contributed by atoms with Gasteiger partial charge in [-0.05, 0) is 19.1 Å². The summed E-state index contributed by atoms with van der Waals surface area (Å²) < 4.78 is 18.1. The monoisotopic (exact) mass is 241 g/mol. The molecule has 0 saturated heterocycles. The molecule has 0 heterocycles. The Labute approximate surface area is 97.4 Å². The van der Waals surface area contributed by atoms with Crippen LogP contribution in [0.5, 0.6) is 0 Å². The molecule has 0 unspecified atom stereocenters. The van der Waals surface area contributed by atoms with Crippen molar-refractivity contribution in [3.05, 3.63) is 34.1 Å². The molecule has 1 aromatic carbocycles. The van der Waals surface area contributed by atoms with Crippen molar-refractivity contribution >= 4 is 17.6 Å². The van der Waals surface area contributed by atoms with E-state index in [1.807, 2.05) is 0 Å². The van der Waals surface area contributed by atoms with Gasteiger partial charge in [0.2, 0.25) is 0 Å². The van der Waals surface area contributed by atoms with Gasteiger partial charge in [0.05, 0.1) is 23.6 Å². The maximum absolute atomic E-state index is 13.4. The number of esters is 1. The number of rotatable bonds is 3. The molecule has 0 N–H and O–H groups in total. The molecule has 0 saturated carbocycles. The molecule has 0 aliphatic heterocycles. The second-order valence-electron chi connectivity index (χ2n) is 2.98. The molecule has 0 radical (unpaired) electrons. The fraction of sp³-hybridized carbons (Fsp3) is 0.273. The fourth-order valence-electron chi connectivity index (χ4n) is 1.24. The molecule has 3 nitrogen and oxygen atoms in total. The second-order valence-corrected chi connectivity index (χ2v) is 3.38. The van der Waals surface area contributed by atoms with Crippen molar-refractivity contribution in [1.82, 2.24) is 0 Å². The Balaban J connectivity index is 3.08. The van der Waals surface area contributed by atoms with Crippen molar-refractivity contribution in [2.45, 2.75) is 13.3 Å². The van der Waals surface area contributed by atoms with Crippen molar-refractivity contribution in [3.8, 4) is 6.07 Å². The van der Waals surface area contributed by atoms with Gasteiger partial charge in [0.1, 0.15) is 11.9 Å². The number of halogens is 2. The highest BCUT2D eigenvalue weighted by Gasteiger charge is 2.16. The van der Waals surface area contributed by atoms with Crippen LogP contribution in [0, 0.1) is 17.1 Å². The van der Waals surface area contributed by atoms with Gasteiger partial charge in [-0.2, -0.15) is 5.26 Å². The number of nitrogens with zero attached hydrogens (tertiary/aromatic N) is 1. The van der Waals surface area contributed by atoms with Crippen molar-refractivity contribution in [2.24, 2.45) is 0 Å². The van der Waals surface area contributed by atoms with Gasteiger partial charge in [-0.1, -0.05) is 11.6 Å². The minimum Gasteiger partial charge on any atom is -0.466 e. The Morgan fingerprint density at radius 3 is 2.88 bits per heavy atom.